The highest BCUT2D eigenvalue weighted by Crippen LogP contribution is 2.21. The normalized spacial score (nSPS) is 15.4. The van der Waals surface area contributed by atoms with E-state index >= 15 is 0 Å². The van der Waals surface area contributed by atoms with Gasteiger partial charge in [0.05, 0.1) is 6.54 Å². The van der Waals surface area contributed by atoms with Crippen molar-refractivity contribution in [1.29, 1.82) is 0 Å². The lowest BCUT2D eigenvalue weighted by Gasteiger charge is -2.22. The third-order valence-electron chi connectivity index (χ3n) is 3.00. The molecule has 0 aromatic carbocycles. The van der Waals surface area contributed by atoms with Gasteiger partial charge in [0, 0.05) is 6.04 Å². The zero-order valence-electron chi connectivity index (χ0n) is 12.5. The molecule has 3 N–H and O–H groups in total. The van der Waals surface area contributed by atoms with Crippen molar-refractivity contribution in [1.82, 2.24) is 10.6 Å². The van der Waals surface area contributed by atoms with Crippen molar-refractivity contribution < 1.29 is 14.3 Å². The minimum atomic E-state index is -1.21. The topological polar surface area (TPSA) is 74.5 Å². The van der Waals surface area contributed by atoms with Crippen LogP contribution in [-0.4, -0.2) is 35.7 Å². The fraction of sp³-hybridized carbons (Fsp3) is 0.643. The van der Waals surface area contributed by atoms with Crippen LogP contribution in [0.3, 0.4) is 0 Å². The molecule has 0 aliphatic heterocycles. The van der Waals surface area contributed by atoms with Gasteiger partial charge in [-0.1, -0.05) is 0 Å². The van der Waals surface area contributed by atoms with Crippen molar-refractivity contribution in [2.24, 2.45) is 0 Å². The van der Waals surface area contributed by atoms with E-state index < -0.39 is 5.60 Å². The molecule has 0 radical (unpaired) electrons. The quantitative estimate of drug-likeness (QED) is 0.722. The van der Waals surface area contributed by atoms with E-state index in [4.69, 9.17) is 4.42 Å². The van der Waals surface area contributed by atoms with Crippen molar-refractivity contribution in [2.45, 2.75) is 38.8 Å². The zero-order chi connectivity index (χ0) is 15.2. The lowest BCUT2D eigenvalue weighted by atomic mass is 10.0. The van der Waals surface area contributed by atoms with Crippen LogP contribution in [0.25, 0.3) is 0 Å². The molecule has 2 atom stereocenters. The predicted molar refractivity (Wildman–Crippen MR) is 82.0 cm³/mol. The fourth-order valence-corrected chi connectivity index (χ4v) is 2.29. The summed E-state index contributed by atoms with van der Waals surface area (Å²) in [4.78, 5) is 11.7. The van der Waals surface area contributed by atoms with Gasteiger partial charge in [0.25, 0.3) is 0 Å². The van der Waals surface area contributed by atoms with Crippen LogP contribution < -0.4 is 10.6 Å². The minimum absolute atomic E-state index is 0.0982. The molecule has 0 aliphatic carbocycles. The van der Waals surface area contributed by atoms with Crippen molar-refractivity contribution in [2.75, 3.05) is 18.6 Å². The van der Waals surface area contributed by atoms with Crippen LogP contribution in [0.5, 0.6) is 0 Å². The number of carbonyl (C=O) groups is 1. The standard InChI is InChI=1S/C14H24N2O3S/c1-10(7-8-20-4)16-13(17)15-9-14(3,18)12-6-5-11(2)19-12/h5-6,10,18H,7-9H2,1-4H3,(H2,15,16,17). The van der Waals surface area contributed by atoms with Gasteiger partial charge in [0.1, 0.15) is 17.1 Å². The number of nitrogens with one attached hydrogen (secondary N) is 2. The molecule has 2 amide bonds. The van der Waals surface area contributed by atoms with Gasteiger partial charge in [0.15, 0.2) is 0 Å². The maximum Gasteiger partial charge on any atom is 0.315 e. The smallest absolute Gasteiger partial charge is 0.315 e. The molecule has 5 nitrogen and oxygen atoms in total. The lowest BCUT2D eigenvalue weighted by Crippen LogP contribution is -2.46. The van der Waals surface area contributed by atoms with Crippen molar-refractivity contribution in [3.05, 3.63) is 23.7 Å². The molecule has 0 fully saturated rings. The number of rotatable bonds is 7. The second-order valence-corrected chi connectivity index (χ2v) is 6.18. The Bertz CT molecular complexity index is 432. The van der Waals surface area contributed by atoms with Crippen LogP contribution in [-0.2, 0) is 5.60 Å². The van der Waals surface area contributed by atoms with Crippen molar-refractivity contribution in [3.63, 3.8) is 0 Å². The first-order valence-electron chi connectivity index (χ1n) is 6.67. The summed E-state index contributed by atoms with van der Waals surface area (Å²) in [5, 5.41) is 15.8. The molecule has 0 spiro atoms. The van der Waals surface area contributed by atoms with Gasteiger partial charge in [-0.3, -0.25) is 0 Å². The molecule has 0 bridgehead atoms. The number of aryl methyl sites for hydroxylation is 1. The Labute approximate surface area is 124 Å². The average molecular weight is 300 g/mol. The second-order valence-electron chi connectivity index (χ2n) is 5.19. The van der Waals surface area contributed by atoms with Gasteiger partial charge in [-0.2, -0.15) is 11.8 Å². The SMILES string of the molecule is CSCCC(C)NC(=O)NCC(C)(O)c1ccc(C)o1. The van der Waals surface area contributed by atoms with E-state index in [0.29, 0.717) is 5.76 Å². The Morgan fingerprint density at radius 1 is 1.55 bits per heavy atom. The van der Waals surface area contributed by atoms with E-state index in [0.717, 1.165) is 17.9 Å². The number of thioether (sulfide) groups is 1. The lowest BCUT2D eigenvalue weighted by molar-refractivity contribution is 0.0359. The van der Waals surface area contributed by atoms with E-state index in [-0.39, 0.29) is 18.6 Å². The molecule has 6 heteroatoms. The highest BCUT2D eigenvalue weighted by Gasteiger charge is 2.27. The van der Waals surface area contributed by atoms with E-state index in [2.05, 4.69) is 10.6 Å². The van der Waals surface area contributed by atoms with Crippen molar-refractivity contribution in [3.8, 4) is 0 Å². The molecule has 2 unspecified atom stereocenters. The fourth-order valence-electron chi connectivity index (χ4n) is 1.71. The monoisotopic (exact) mass is 300 g/mol. The van der Waals surface area contributed by atoms with Gasteiger partial charge >= 0.3 is 6.03 Å². The number of hydrogen-bond donors (Lipinski definition) is 3. The van der Waals surface area contributed by atoms with Crippen LogP contribution in [0.1, 0.15) is 31.8 Å². The van der Waals surface area contributed by atoms with Crippen molar-refractivity contribution >= 4 is 17.8 Å². The highest BCUT2D eigenvalue weighted by molar-refractivity contribution is 7.98. The third kappa shape index (κ3) is 5.46. The maximum atomic E-state index is 11.7. The molecule has 20 heavy (non-hydrogen) atoms. The Kier molecular flexibility index (Phi) is 6.42. The average Bonchev–Trinajstić information content (AvgIpc) is 2.81. The summed E-state index contributed by atoms with van der Waals surface area (Å²) in [7, 11) is 0. The van der Waals surface area contributed by atoms with Gasteiger partial charge in [-0.25, -0.2) is 4.79 Å². The first kappa shape index (κ1) is 16.9. The van der Waals surface area contributed by atoms with E-state index in [1.165, 1.54) is 0 Å². The van der Waals surface area contributed by atoms with Gasteiger partial charge in [-0.05, 0) is 51.3 Å². The van der Waals surface area contributed by atoms with Gasteiger partial charge in [0.2, 0.25) is 0 Å². The zero-order valence-corrected chi connectivity index (χ0v) is 13.3. The molecule has 1 heterocycles. The summed E-state index contributed by atoms with van der Waals surface area (Å²) in [6.07, 6.45) is 2.96. The number of amides is 2. The predicted octanol–water partition coefficient (Wildman–Crippen LogP) is 2.24. The summed E-state index contributed by atoms with van der Waals surface area (Å²) in [5.74, 6) is 2.19. The summed E-state index contributed by atoms with van der Waals surface area (Å²) in [6.45, 7) is 5.49. The largest absolute Gasteiger partial charge is 0.463 e. The molecule has 0 saturated heterocycles. The minimum Gasteiger partial charge on any atom is -0.463 e. The molecule has 114 valence electrons. The first-order chi connectivity index (χ1) is 9.35. The third-order valence-corrected chi connectivity index (χ3v) is 3.64. The van der Waals surface area contributed by atoms with Gasteiger partial charge < -0.3 is 20.2 Å². The van der Waals surface area contributed by atoms with Crippen LogP contribution in [0.15, 0.2) is 16.5 Å². The van der Waals surface area contributed by atoms with Crippen LogP contribution >= 0.6 is 11.8 Å². The number of urea groups is 1. The number of carbonyl (C=O) groups excluding carboxylic acids is 1. The van der Waals surface area contributed by atoms with Crippen LogP contribution in [0, 0.1) is 6.92 Å². The molecule has 0 saturated carbocycles. The first-order valence-corrected chi connectivity index (χ1v) is 8.07. The molecule has 1 aromatic heterocycles. The Morgan fingerprint density at radius 2 is 2.25 bits per heavy atom. The molecule has 0 aliphatic rings. The summed E-state index contributed by atoms with van der Waals surface area (Å²) in [6, 6.07) is 3.34. The number of furan rings is 1. The van der Waals surface area contributed by atoms with Crippen LogP contribution in [0.2, 0.25) is 0 Å². The Hall–Kier alpha value is -1.14. The van der Waals surface area contributed by atoms with Gasteiger partial charge in [-0.15, -0.1) is 0 Å². The summed E-state index contributed by atoms with van der Waals surface area (Å²) < 4.78 is 5.39. The molecular weight excluding hydrogens is 276 g/mol. The molecule has 1 aromatic rings. The molecular formula is C14H24N2O3S. The van der Waals surface area contributed by atoms with E-state index in [1.807, 2.05) is 20.1 Å². The second kappa shape index (κ2) is 7.59. The molecule has 1 rings (SSSR count). The van der Waals surface area contributed by atoms with E-state index in [1.54, 1.807) is 30.8 Å². The van der Waals surface area contributed by atoms with Crippen LogP contribution in [0.4, 0.5) is 4.79 Å². The maximum absolute atomic E-state index is 11.7. The van der Waals surface area contributed by atoms with E-state index in [9.17, 15) is 9.90 Å². The summed E-state index contributed by atoms with van der Waals surface area (Å²) in [5.41, 5.74) is -1.21. The Morgan fingerprint density at radius 3 is 2.80 bits per heavy atom. The highest BCUT2D eigenvalue weighted by atomic mass is 32.2. The number of aliphatic hydroxyl groups is 1. The number of hydrogen-bond acceptors (Lipinski definition) is 4. The summed E-state index contributed by atoms with van der Waals surface area (Å²) >= 11 is 1.75. The Balaban J connectivity index is 2.40.